The van der Waals surface area contributed by atoms with Crippen molar-refractivity contribution in [1.29, 1.82) is 0 Å². The second-order valence-electron chi connectivity index (χ2n) is 6.09. The first kappa shape index (κ1) is 13.3. The number of hydrogen-bond acceptors (Lipinski definition) is 3. The number of hydrogen-bond donors (Lipinski definition) is 1. The van der Waals surface area contributed by atoms with Gasteiger partial charge in [-0.3, -0.25) is 4.90 Å². The lowest BCUT2D eigenvalue weighted by Crippen LogP contribution is -2.37. The van der Waals surface area contributed by atoms with Crippen molar-refractivity contribution in [3.63, 3.8) is 0 Å². The molecule has 1 heterocycles. The second-order valence-corrected chi connectivity index (χ2v) is 6.09. The first-order valence-corrected chi connectivity index (χ1v) is 7.12. The molecule has 0 aromatic heterocycles. The van der Waals surface area contributed by atoms with E-state index in [1.54, 1.807) is 7.11 Å². The van der Waals surface area contributed by atoms with Crippen molar-refractivity contribution in [2.45, 2.75) is 39.2 Å². The summed E-state index contributed by atoms with van der Waals surface area (Å²) in [5.41, 5.74) is 0.714. The number of methoxy groups -OCH3 is 1. The Morgan fingerprint density at radius 2 is 2.06 bits per heavy atom. The fraction of sp³-hybridized carbons (Fsp3) is 1.00. The highest BCUT2D eigenvalue weighted by Crippen LogP contribution is 2.58. The van der Waals surface area contributed by atoms with Gasteiger partial charge in [0.1, 0.15) is 0 Å². The van der Waals surface area contributed by atoms with Gasteiger partial charge in [-0.25, -0.2) is 0 Å². The molecular formula is C14H28N2O. The molecule has 100 valence electrons. The Morgan fingerprint density at radius 1 is 1.35 bits per heavy atom. The maximum atomic E-state index is 5.21. The van der Waals surface area contributed by atoms with Crippen molar-refractivity contribution in [2.75, 3.05) is 39.9 Å². The molecule has 1 aliphatic heterocycles. The van der Waals surface area contributed by atoms with Crippen LogP contribution in [-0.4, -0.2) is 50.8 Å². The van der Waals surface area contributed by atoms with Crippen molar-refractivity contribution in [3.8, 4) is 0 Å². The Bertz CT molecular complexity index is 236. The molecule has 3 nitrogen and oxygen atoms in total. The lowest BCUT2D eigenvalue weighted by molar-refractivity contribution is 0.120. The van der Waals surface area contributed by atoms with E-state index >= 15 is 0 Å². The van der Waals surface area contributed by atoms with Crippen molar-refractivity contribution in [1.82, 2.24) is 10.2 Å². The smallest absolute Gasteiger partial charge is 0.0589 e. The number of nitrogens with one attached hydrogen (secondary N) is 1. The zero-order chi connectivity index (χ0) is 12.3. The summed E-state index contributed by atoms with van der Waals surface area (Å²) in [5.74, 6) is 0.948. The number of nitrogens with zero attached hydrogens (tertiary/aromatic N) is 1. The van der Waals surface area contributed by atoms with E-state index in [9.17, 15) is 0 Å². The average molecular weight is 240 g/mol. The van der Waals surface area contributed by atoms with Gasteiger partial charge in [-0.2, -0.15) is 0 Å². The van der Waals surface area contributed by atoms with Gasteiger partial charge in [0.25, 0.3) is 0 Å². The maximum absolute atomic E-state index is 5.21. The summed E-state index contributed by atoms with van der Waals surface area (Å²) in [7, 11) is 1.80. The lowest BCUT2D eigenvalue weighted by Gasteiger charge is -2.29. The highest BCUT2D eigenvalue weighted by Gasteiger charge is 2.53. The molecule has 1 aliphatic carbocycles. The minimum atomic E-state index is 0.643. The van der Waals surface area contributed by atoms with Gasteiger partial charge in [0.05, 0.1) is 6.61 Å². The highest BCUT2D eigenvalue weighted by atomic mass is 16.5. The van der Waals surface area contributed by atoms with E-state index in [0.717, 1.165) is 19.1 Å². The van der Waals surface area contributed by atoms with Crippen LogP contribution in [0.1, 0.15) is 33.1 Å². The Balaban J connectivity index is 1.79. The molecule has 1 N–H and O–H groups in total. The zero-order valence-corrected chi connectivity index (χ0v) is 11.7. The van der Waals surface area contributed by atoms with Gasteiger partial charge in [-0.05, 0) is 57.5 Å². The van der Waals surface area contributed by atoms with Crippen LogP contribution in [0.15, 0.2) is 0 Å². The molecule has 3 heteroatoms. The number of rotatable bonds is 6. The van der Waals surface area contributed by atoms with E-state index in [1.165, 1.54) is 38.9 Å². The number of ether oxygens (including phenoxy) is 1. The first-order valence-electron chi connectivity index (χ1n) is 7.12. The molecule has 2 aliphatic rings. The third-order valence-electron chi connectivity index (χ3n) is 4.73. The third kappa shape index (κ3) is 3.21. The van der Waals surface area contributed by atoms with Crippen LogP contribution in [0.3, 0.4) is 0 Å². The molecule has 0 bridgehead atoms. The molecule has 17 heavy (non-hydrogen) atoms. The van der Waals surface area contributed by atoms with Crippen LogP contribution in [0.2, 0.25) is 0 Å². The second kappa shape index (κ2) is 5.68. The Labute approximate surface area is 106 Å². The largest absolute Gasteiger partial charge is 0.383 e. The average Bonchev–Trinajstić information content (AvgIpc) is 2.97. The van der Waals surface area contributed by atoms with Crippen molar-refractivity contribution in [3.05, 3.63) is 0 Å². The van der Waals surface area contributed by atoms with Gasteiger partial charge in [0.15, 0.2) is 0 Å². The van der Waals surface area contributed by atoms with Crippen LogP contribution >= 0.6 is 0 Å². The molecule has 1 atom stereocenters. The minimum Gasteiger partial charge on any atom is -0.383 e. The van der Waals surface area contributed by atoms with Gasteiger partial charge in [0, 0.05) is 26.2 Å². The zero-order valence-electron chi connectivity index (χ0n) is 11.7. The summed E-state index contributed by atoms with van der Waals surface area (Å²) < 4.78 is 5.21. The summed E-state index contributed by atoms with van der Waals surface area (Å²) >= 11 is 0. The first-order chi connectivity index (χ1) is 8.18. The summed E-state index contributed by atoms with van der Waals surface area (Å²) in [6.45, 7) is 10.3. The molecule has 0 aromatic rings. The fourth-order valence-electron chi connectivity index (χ4n) is 3.28. The maximum Gasteiger partial charge on any atom is 0.0589 e. The molecule has 1 saturated carbocycles. The van der Waals surface area contributed by atoms with Crippen LogP contribution in [0.4, 0.5) is 0 Å². The van der Waals surface area contributed by atoms with E-state index in [-0.39, 0.29) is 0 Å². The summed E-state index contributed by atoms with van der Waals surface area (Å²) in [6.07, 6.45) is 4.26. The summed E-state index contributed by atoms with van der Waals surface area (Å²) in [4.78, 5) is 2.59. The van der Waals surface area contributed by atoms with Gasteiger partial charge in [-0.15, -0.1) is 0 Å². The van der Waals surface area contributed by atoms with Gasteiger partial charge in [-0.1, -0.05) is 0 Å². The summed E-state index contributed by atoms with van der Waals surface area (Å²) in [5, 5.41) is 3.48. The molecule has 2 rings (SSSR count). The van der Waals surface area contributed by atoms with E-state index in [4.69, 9.17) is 4.74 Å². The third-order valence-corrected chi connectivity index (χ3v) is 4.73. The number of piperidine rings is 1. The van der Waals surface area contributed by atoms with Crippen molar-refractivity contribution in [2.24, 2.45) is 11.3 Å². The Hall–Kier alpha value is -0.120. The fourth-order valence-corrected chi connectivity index (χ4v) is 3.28. The highest BCUT2D eigenvalue weighted by molar-refractivity contribution is 5.05. The Kier molecular flexibility index (Phi) is 4.45. The van der Waals surface area contributed by atoms with Crippen LogP contribution in [0.5, 0.6) is 0 Å². The van der Waals surface area contributed by atoms with Gasteiger partial charge < -0.3 is 10.1 Å². The predicted octanol–water partition coefficient (Wildman–Crippen LogP) is 1.73. The molecule has 1 saturated heterocycles. The van der Waals surface area contributed by atoms with Crippen LogP contribution in [-0.2, 0) is 4.74 Å². The van der Waals surface area contributed by atoms with Crippen molar-refractivity contribution >= 4 is 0 Å². The van der Waals surface area contributed by atoms with E-state index < -0.39 is 0 Å². The molecule has 0 aromatic carbocycles. The summed E-state index contributed by atoms with van der Waals surface area (Å²) in [6, 6.07) is 0.643. The van der Waals surface area contributed by atoms with Crippen LogP contribution in [0, 0.1) is 11.3 Å². The monoisotopic (exact) mass is 240 g/mol. The SMILES string of the molecule is COCCN(CC1CC12CCNCC2)C(C)C. The molecule has 2 fully saturated rings. The molecule has 0 radical (unpaired) electrons. The van der Waals surface area contributed by atoms with E-state index in [2.05, 4.69) is 24.1 Å². The molecule has 0 amide bonds. The molecule has 1 spiro atoms. The standard InChI is InChI=1S/C14H28N2O/c1-12(2)16(8-9-17-3)11-13-10-14(13)4-6-15-7-5-14/h12-13,15H,4-11H2,1-3H3. The lowest BCUT2D eigenvalue weighted by atomic mass is 9.92. The quantitative estimate of drug-likeness (QED) is 0.765. The van der Waals surface area contributed by atoms with Crippen LogP contribution in [0.25, 0.3) is 0 Å². The normalized spacial score (nSPS) is 27.0. The topological polar surface area (TPSA) is 24.5 Å². The van der Waals surface area contributed by atoms with Crippen molar-refractivity contribution < 1.29 is 4.74 Å². The predicted molar refractivity (Wildman–Crippen MR) is 71.2 cm³/mol. The molecular weight excluding hydrogens is 212 g/mol. The minimum absolute atomic E-state index is 0.643. The van der Waals surface area contributed by atoms with Crippen LogP contribution < -0.4 is 5.32 Å². The molecule has 1 unspecified atom stereocenters. The Morgan fingerprint density at radius 3 is 2.65 bits per heavy atom. The van der Waals surface area contributed by atoms with E-state index in [0.29, 0.717) is 11.5 Å². The van der Waals surface area contributed by atoms with Gasteiger partial charge >= 0.3 is 0 Å². The van der Waals surface area contributed by atoms with E-state index in [1.807, 2.05) is 0 Å². The van der Waals surface area contributed by atoms with Gasteiger partial charge in [0.2, 0.25) is 0 Å².